The molecule has 0 saturated carbocycles. The molecule has 0 N–H and O–H groups in total. The predicted octanol–water partition coefficient (Wildman–Crippen LogP) is 3.99. The molecule has 1 aliphatic carbocycles. The normalized spacial score (nSPS) is 13.3. The number of carbonyl (C=O) groups excluding carboxylic acids is 1. The molecule has 2 aromatic heterocycles. The second-order valence-corrected chi connectivity index (χ2v) is 9.49. The van der Waals surface area contributed by atoms with Crippen LogP contribution in [0.5, 0.6) is 0 Å². The van der Waals surface area contributed by atoms with Crippen LogP contribution in [0.15, 0.2) is 9.95 Å². The van der Waals surface area contributed by atoms with Gasteiger partial charge in [0.15, 0.2) is 5.16 Å². The molecule has 0 spiro atoms. The first-order valence-corrected chi connectivity index (χ1v) is 12.2. The van der Waals surface area contributed by atoms with Gasteiger partial charge in [-0.1, -0.05) is 31.5 Å². The second-order valence-electron chi connectivity index (χ2n) is 7.46. The molecule has 0 atom stereocenters. The van der Waals surface area contributed by atoms with Gasteiger partial charge in [0.2, 0.25) is 5.91 Å². The van der Waals surface area contributed by atoms with Crippen molar-refractivity contribution in [2.75, 3.05) is 19.3 Å². The smallest absolute Gasteiger partial charge is 0.263 e. The number of aromatic nitrogens is 2. The van der Waals surface area contributed by atoms with Crippen molar-refractivity contribution >= 4 is 39.2 Å². The summed E-state index contributed by atoms with van der Waals surface area (Å²) in [4.78, 5) is 34.3. The third kappa shape index (κ3) is 5.01. The van der Waals surface area contributed by atoms with Gasteiger partial charge >= 0.3 is 0 Å². The molecular weight excluding hydrogens is 404 g/mol. The highest BCUT2D eigenvalue weighted by molar-refractivity contribution is 7.99. The highest BCUT2D eigenvalue weighted by Gasteiger charge is 2.22. The first-order valence-electron chi connectivity index (χ1n) is 10.4. The Morgan fingerprint density at radius 3 is 2.90 bits per heavy atom. The van der Waals surface area contributed by atoms with Crippen molar-refractivity contribution in [3.63, 3.8) is 0 Å². The fraction of sp³-hybridized carbons (Fsp3) is 0.619. The van der Waals surface area contributed by atoms with Gasteiger partial charge in [0, 0.05) is 25.0 Å². The van der Waals surface area contributed by atoms with Crippen LogP contribution >= 0.6 is 23.1 Å². The number of aryl methyl sites for hydroxylation is 2. The number of hydrogen-bond donors (Lipinski definition) is 0. The van der Waals surface area contributed by atoms with E-state index < -0.39 is 0 Å². The van der Waals surface area contributed by atoms with E-state index >= 15 is 0 Å². The van der Waals surface area contributed by atoms with E-state index in [4.69, 9.17) is 10.2 Å². The van der Waals surface area contributed by atoms with Crippen molar-refractivity contribution < 1.29 is 4.79 Å². The highest BCUT2D eigenvalue weighted by atomic mass is 32.2. The molecule has 2 heterocycles. The zero-order chi connectivity index (χ0) is 20.8. The molecule has 0 fully saturated rings. The standard InChI is InChI=1S/C21H28N4O2S2/c1-3-4-7-13-25-20(27)18-15-9-5-6-10-16(15)29-19(18)23-21(25)28-14-17(26)24(2)12-8-11-22/h3-10,12-14H2,1-2H3. The number of fused-ring (bicyclic) bond motifs is 3. The van der Waals surface area contributed by atoms with Crippen LogP contribution in [-0.4, -0.2) is 39.7 Å². The number of thioether (sulfide) groups is 1. The summed E-state index contributed by atoms with van der Waals surface area (Å²) in [6.45, 7) is 3.20. The average Bonchev–Trinajstić information content (AvgIpc) is 3.10. The van der Waals surface area contributed by atoms with E-state index in [1.54, 1.807) is 27.9 Å². The van der Waals surface area contributed by atoms with Gasteiger partial charge in [-0.15, -0.1) is 11.3 Å². The number of carbonyl (C=O) groups is 1. The highest BCUT2D eigenvalue weighted by Crippen LogP contribution is 2.34. The number of unbranched alkanes of at least 4 members (excludes halogenated alkanes) is 2. The quantitative estimate of drug-likeness (QED) is 0.340. The summed E-state index contributed by atoms with van der Waals surface area (Å²) in [6, 6.07) is 2.06. The van der Waals surface area contributed by atoms with E-state index in [1.807, 2.05) is 0 Å². The molecular formula is C21H28N4O2S2. The van der Waals surface area contributed by atoms with Crippen LogP contribution in [0.4, 0.5) is 0 Å². The van der Waals surface area contributed by atoms with E-state index in [0.717, 1.165) is 48.7 Å². The van der Waals surface area contributed by atoms with Crippen LogP contribution < -0.4 is 5.56 Å². The Kier molecular flexibility index (Phi) is 7.73. The minimum absolute atomic E-state index is 0.0508. The summed E-state index contributed by atoms with van der Waals surface area (Å²) in [7, 11) is 1.71. The lowest BCUT2D eigenvalue weighted by Gasteiger charge is -2.16. The van der Waals surface area contributed by atoms with Gasteiger partial charge < -0.3 is 4.90 Å². The maximum atomic E-state index is 13.4. The van der Waals surface area contributed by atoms with Gasteiger partial charge in [-0.2, -0.15) is 5.26 Å². The Morgan fingerprint density at radius 1 is 1.34 bits per heavy atom. The third-order valence-corrected chi connectivity index (χ3v) is 7.48. The molecule has 3 rings (SSSR count). The zero-order valence-electron chi connectivity index (χ0n) is 17.2. The van der Waals surface area contributed by atoms with Gasteiger partial charge in [-0.05, 0) is 37.7 Å². The van der Waals surface area contributed by atoms with E-state index in [0.29, 0.717) is 24.7 Å². The lowest BCUT2D eigenvalue weighted by Crippen LogP contribution is -2.30. The molecule has 29 heavy (non-hydrogen) atoms. The van der Waals surface area contributed by atoms with Crippen molar-refractivity contribution in [1.82, 2.24) is 14.5 Å². The minimum atomic E-state index is -0.0508. The topological polar surface area (TPSA) is 79.0 Å². The monoisotopic (exact) mass is 432 g/mol. The number of nitriles is 1. The number of nitrogens with zero attached hydrogens (tertiary/aromatic N) is 4. The van der Waals surface area contributed by atoms with E-state index in [9.17, 15) is 9.59 Å². The van der Waals surface area contributed by atoms with Gasteiger partial charge in [0.05, 0.1) is 23.6 Å². The first-order chi connectivity index (χ1) is 14.1. The zero-order valence-corrected chi connectivity index (χ0v) is 18.8. The van der Waals surface area contributed by atoms with Gasteiger partial charge in [-0.3, -0.25) is 14.2 Å². The van der Waals surface area contributed by atoms with E-state index in [-0.39, 0.29) is 17.2 Å². The molecule has 1 aliphatic rings. The Bertz CT molecular complexity index is 974. The van der Waals surface area contributed by atoms with Crippen LogP contribution in [0, 0.1) is 11.3 Å². The summed E-state index contributed by atoms with van der Waals surface area (Å²) in [5, 5.41) is 10.2. The summed E-state index contributed by atoms with van der Waals surface area (Å²) < 4.78 is 1.78. The SMILES string of the molecule is CCCCCn1c(SCC(=O)N(C)CCC#N)nc2sc3c(c2c1=O)CCCC3. The summed E-state index contributed by atoms with van der Waals surface area (Å²) in [6.07, 6.45) is 7.71. The fourth-order valence-electron chi connectivity index (χ4n) is 3.63. The first kappa shape index (κ1) is 21.8. The molecule has 0 saturated heterocycles. The molecule has 0 radical (unpaired) electrons. The fourth-order valence-corrected chi connectivity index (χ4v) is 5.89. The lowest BCUT2D eigenvalue weighted by atomic mass is 9.97. The van der Waals surface area contributed by atoms with Gasteiger partial charge in [0.1, 0.15) is 4.83 Å². The Balaban J connectivity index is 1.90. The number of amides is 1. The largest absolute Gasteiger partial charge is 0.344 e. The molecule has 1 amide bonds. The second kappa shape index (κ2) is 10.3. The van der Waals surface area contributed by atoms with Gasteiger partial charge in [0.25, 0.3) is 5.56 Å². The van der Waals surface area contributed by atoms with Crippen molar-refractivity contribution in [1.29, 1.82) is 5.26 Å². The summed E-state index contributed by atoms with van der Waals surface area (Å²) >= 11 is 2.98. The average molecular weight is 433 g/mol. The van der Waals surface area contributed by atoms with Crippen LogP contribution in [0.2, 0.25) is 0 Å². The van der Waals surface area contributed by atoms with E-state index in [1.165, 1.54) is 28.6 Å². The minimum Gasteiger partial charge on any atom is -0.344 e. The van der Waals surface area contributed by atoms with Crippen LogP contribution in [0.3, 0.4) is 0 Å². The van der Waals surface area contributed by atoms with Crippen LogP contribution in [-0.2, 0) is 24.2 Å². The molecule has 0 aromatic carbocycles. The number of rotatable bonds is 9. The van der Waals surface area contributed by atoms with Gasteiger partial charge in [-0.25, -0.2) is 4.98 Å². The third-order valence-electron chi connectivity index (χ3n) is 5.33. The molecule has 2 aromatic rings. The molecule has 0 bridgehead atoms. The van der Waals surface area contributed by atoms with Crippen molar-refractivity contribution in [2.45, 2.75) is 70.0 Å². The van der Waals surface area contributed by atoms with Crippen LogP contribution in [0.1, 0.15) is 55.9 Å². The molecule has 6 nitrogen and oxygen atoms in total. The van der Waals surface area contributed by atoms with Crippen molar-refractivity contribution in [3.05, 3.63) is 20.8 Å². The van der Waals surface area contributed by atoms with E-state index in [2.05, 4.69) is 13.0 Å². The number of thiophene rings is 1. The summed E-state index contributed by atoms with van der Waals surface area (Å²) in [5.41, 5.74) is 1.26. The Morgan fingerprint density at radius 2 is 2.14 bits per heavy atom. The van der Waals surface area contributed by atoms with Crippen molar-refractivity contribution in [2.24, 2.45) is 0 Å². The Hall–Kier alpha value is -1.85. The predicted molar refractivity (Wildman–Crippen MR) is 119 cm³/mol. The van der Waals surface area contributed by atoms with Crippen molar-refractivity contribution in [3.8, 4) is 6.07 Å². The number of hydrogen-bond acceptors (Lipinski definition) is 6. The maximum Gasteiger partial charge on any atom is 0.263 e. The molecule has 0 unspecified atom stereocenters. The maximum absolute atomic E-state index is 13.4. The van der Waals surface area contributed by atoms with Crippen LogP contribution in [0.25, 0.3) is 10.2 Å². The molecule has 0 aliphatic heterocycles. The lowest BCUT2D eigenvalue weighted by molar-refractivity contribution is -0.127. The summed E-state index contributed by atoms with van der Waals surface area (Å²) in [5.74, 6) is 0.170. The Labute approximate surface area is 179 Å². The molecule has 8 heteroatoms. The molecule has 156 valence electrons.